The van der Waals surface area contributed by atoms with Crippen LogP contribution in [0, 0.1) is 12.3 Å². The van der Waals surface area contributed by atoms with Crippen LogP contribution in [0.25, 0.3) is 0 Å². The van der Waals surface area contributed by atoms with Crippen molar-refractivity contribution >= 4 is 5.91 Å². The van der Waals surface area contributed by atoms with Crippen LogP contribution in [0.3, 0.4) is 0 Å². The molecule has 0 saturated carbocycles. The molecule has 0 radical (unpaired) electrons. The van der Waals surface area contributed by atoms with E-state index in [1.54, 1.807) is 0 Å². The quantitative estimate of drug-likeness (QED) is 0.409. The zero-order chi connectivity index (χ0) is 13.4. The predicted octanol–water partition coefficient (Wildman–Crippen LogP) is 2.02. The smallest absolute Gasteiger partial charge is 0.255 e. The van der Waals surface area contributed by atoms with Gasteiger partial charge in [0.15, 0.2) is 11.5 Å². The Balaban J connectivity index is 2.37. The van der Waals surface area contributed by atoms with Crippen LogP contribution in [0.2, 0.25) is 0 Å². The van der Waals surface area contributed by atoms with E-state index in [0.29, 0.717) is 6.54 Å². The van der Waals surface area contributed by atoms with Gasteiger partial charge in [-0.1, -0.05) is 12.5 Å². The molecule has 4 nitrogen and oxygen atoms in total. The number of para-hydroxylation sites is 1. The van der Waals surface area contributed by atoms with E-state index < -0.39 is 0 Å². The van der Waals surface area contributed by atoms with Crippen LogP contribution in [0.15, 0.2) is 18.2 Å². The average molecular weight is 247 g/mol. The molecule has 1 aromatic carbocycles. The van der Waals surface area contributed by atoms with Crippen molar-refractivity contribution in [1.82, 2.24) is 5.32 Å². The highest BCUT2D eigenvalue weighted by atomic mass is 16.3. The summed E-state index contributed by atoms with van der Waals surface area (Å²) in [5.74, 6) is 1.49. The second kappa shape index (κ2) is 7.23. The second-order valence-electron chi connectivity index (χ2n) is 3.94. The molecule has 0 heterocycles. The molecule has 18 heavy (non-hydrogen) atoms. The third kappa shape index (κ3) is 4.02. The summed E-state index contributed by atoms with van der Waals surface area (Å²) in [5.41, 5.74) is 0.0821. The van der Waals surface area contributed by atoms with Gasteiger partial charge < -0.3 is 15.5 Å². The van der Waals surface area contributed by atoms with E-state index in [-0.39, 0.29) is 23.0 Å². The van der Waals surface area contributed by atoms with E-state index in [9.17, 15) is 15.0 Å². The monoisotopic (exact) mass is 247 g/mol. The van der Waals surface area contributed by atoms with Gasteiger partial charge >= 0.3 is 0 Å². The highest BCUT2D eigenvalue weighted by Gasteiger charge is 2.12. The van der Waals surface area contributed by atoms with Gasteiger partial charge in [0.2, 0.25) is 0 Å². The highest BCUT2D eigenvalue weighted by molar-refractivity contribution is 5.97. The summed E-state index contributed by atoms with van der Waals surface area (Å²) in [5, 5.41) is 21.5. The summed E-state index contributed by atoms with van der Waals surface area (Å²) in [6.07, 6.45) is 8.62. The number of unbranched alkanes of at least 4 members (excludes halogenated alkanes) is 3. The topological polar surface area (TPSA) is 69.6 Å². The van der Waals surface area contributed by atoms with Crippen LogP contribution < -0.4 is 5.32 Å². The Morgan fingerprint density at radius 3 is 2.78 bits per heavy atom. The SMILES string of the molecule is C#CCCCCCNC(=O)c1cccc(O)c1O. The lowest BCUT2D eigenvalue weighted by Crippen LogP contribution is -2.24. The molecule has 0 unspecified atom stereocenters. The zero-order valence-corrected chi connectivity index (χ0v) is 10.1. The second-order valence-corrected chi connectivity index (χ2v) is 3.94. The van der Waals surface area contributed by atoms with E-state index in [0.717, 1.165) is 25.7 Å². The first-order valence-corrected chi connectivity index (χ1v) is 5.89. The van der Waals surface area contributed by atoms with Crippen molar-refractivity contribution in [3.63, 3.8) is 0 Å². The maximum atomic E-state index is 11.7. The Bertz CT molecular complexity index is 449. The van der Waals surface area contributed by atoms with Crippen LogP contribution in [0.4, 0.5) is 0 Å². The van der Waals surface area contributed by atoms with Crippen LogP contribution in [0.1, 0.15) is 36.0 Å². The number of hydrogen-bond acceptors (Lipinski definition) is 3. The number of phenols is 2. The molecular formula is C14H17NO3. The lowest BCUT2D eigenvalue weighted by Gasteiger charge is -2.07. The summed E-state index contributed by atoms with van der Waals surface area (Å²) >= 11 is 0. The molecule has 0 saturated heterocycles. The highest BCUT2D eigenvalue weighted by Crippen LogP contribution is 2.27. The molecule has 0 fully saturated rings. The fraction of sp³-hybridized carbons (Fsp3) is 0.357. The van der Waals surface area contributed by atoms with Gasteiger partial charge in [0.1, 0.15) is 0 Å². The Hall–Kier alpha value is -2.15. The number of amides is 1. The van der Waals surface area contributed by atoms with Crippen molar-refractivity contribution in [2.75, 3.05) is 6.54 Å². The molecule has 0 spiro atoms. The predicted molar refractivity (Wildman–Crippen MR) is 69.4 cm³/mol. The third-order valence-corrected chi connectivity index (χ3v) is 2.54. The molecule has 1 aromatic rings. The Morgan fingerprint density at radius 2 is 2.06 bits per heavy atom. The van der Waals surface area contributed by atoms with Crippen LogP contribution in [-0.2, 0) is 0 Å². The molecule has 0 aromatic heterocycles. The number of hydrogen-bond donors (Lipinski definition) is 3. The van der Waals surface area contributed by atoms with E-state index in [1.165, 1.54) is 18.2 Å². The molecule has 1 amide bonds. The number of nitrogens with one attached hydrogen (secondary N) is 1. The van der Waals surface area contributed by atoms with E-state index in [2.05, 4.69) is 11.2 Å². The molecule has 96 valence electrons. The molecule has 0 bridgehead atoms. The standard InChI is InChI=1S/C14H17NO3/c1-2-3-4-5-6-10-15-14(18)11-8-7-9-12(16)13(11)17/h1,7-9,16-17H,3-6,10H2,(H,15,18). The number of terminal acetylenes is 1. The van der Waals surface area contributed by atoms with E-state index in [1.807, 2.05) is 0 Å². The number of benzene rings is 1. The Kier molecular flexibility index (Phi) is 5.59. The maximum absolute atomic E-state index is 11.7. The zero-order valence-electron chi connectivity index (χ0n) is 10.1. The minimum absolute atomic E-state index is 0.0821. The number of rotatable bonds is 6. The maximum Gasteiger partial charge on any atom is 0.255 e. The van der Waals surface area contributed by atoms with Crippen molar-refractivity contribution in [1.29, 1.82) is 0 Å². The van der Waals surface area contributed by atoms with Gasteiger partial charge in [-0.05, 0) is 25.0 Å². The van der Waals surface area contributed by atoms with Crippen molar-refractivity contribution in [2.24, 2.45) is 0 Å². The van der Waals surface area contributed by atoms with Crippen LogP contribution in [-0.4, -0.2) is 22.7 Å². The average Bonchev–Trinajstić information content (AvgIpc) is 2.36. The number of phenolic OH excluding ortho intramolecular Hbond substituents is 2. The molecule has 3 N–H and O–H groups in total. The van der Waals surface area contributed by atoms with Crippen LogP contribution in [0.5, 0.6) is 11.5 Å². The van der Waals surface area contributed by atoms with Crippen molar-refractivity contribution < 1.29 is 15.0 Å². The van der Waals surface area contributed by atoms with Gasteiger partial charge in [-0.25, -0.2) is 0 Å². The summed E-state index contributed by atoms with van der Waals surface area (Å²) in [7, 11) is 0. The van der Waals surface area contributed by atoms with Crippen molar-refractivity contribution in [3.8, 4) is 23.8 Å². The summed E-state index contributed by atoms with van der Waals surface area (Å²) in [6.45, 7) is 0.526. The summed E-state index contributed by atoms with van der Waals surface area (Å²) < 4.78 is 0. The molecule has 0 aliphatic rings. The van der Waals surface area contributed by atoms with Gasteiger partial charge in [0.05, 0.1) is 5.56 Å². The molecule has 0 aliphatic heterocycles. The van der Waals surface area contributed by atoms with E-state index >= 15 is 0 Å². The van der Waals surface area contributed by atoms with Gasteiger partial charge in [0.25, 0.3) is 5.91 Å². The molecule has 0 aliphatic carbocycles. The largest absolute Gasteiger partial charge is 0.504 e. The molecule has 1 rings (SSSR count). The third-order valence-electron chi connectivity index (χ3n) is 2.54. The minimum Gasteiger partial charge on any atom is -0.504 e. The number of carbonyl (C=O) groups is 1. The Labute approximate surface area is 107 Å². The summed E-state index contributed by atoms with van der Waals surface area (Å²) in [4.78, 5) is 11.7. The lowest BCUT2D eigenvalue weighted by molar-refractivity contribution is 0.0949. The van der Waals surface area contributed by atoms with Crippen molar-refractivity contribution in [2.45, 2.75) is 25.7 Å². The fourth-order valence-corrected chi connectivity index (χ4v) is 1.54. The van der Waals surface area contributed by atoms with Crippen LogP contribution >= 0.6 is 0 Å². The van der Waals surface area contributed by atoms with Gasteiger partial charge in [-0.3, -0.25) is 4.79 Å². The first-order chi connectivity index (χ1) is 8.66. The number of carbonyl (C=O) groups excluding carboxylic acids is 1. The van der Waals surface area contributed by atoms with Gasteiger partial charge in [0, 0.05) is 13.0 Å². The normalized spacial score (nSPS) is 9.72. The van der Waals surface area contributed by atoms with E-state index in [4.69, 9.17) is 6.42 Å². The summed E-state index contributed by atoms with van der Waals surface area (Å²) in [6, 6.07) is 4.30. The Morgan fingerprint density at radius 1 is 1.28 bits per heavy atom. The van der Waals surface area contributed by atoms with Gasteiger partial charge in [-0.15, -0.1) is 12.3 Å². The first-order valence-electron chi connectivity index (χ1n) is 5.89. The molecule has 4 heteroatoms. The van der Waals surface area contributed by atoms with Gasteiger partial charge in [-0.2, -0.15) is 0 Å². The first kappa shape index (κ1) is 13.9. The van der Waals surface area contributed by atoms with Crippen molar-refractivity contribution in [3.05, 3.63) is 23.8 Å². The molecule has 0 atom stereocenters. The fourth-order valence-electron chi connectivity index (χ4n) is 1.54. The molecular weight excluding hydrogens is 230 g/mol. The number of aromatic hydroxyl groups is 2. The lowest BCUT2D eigenvalue weighted by atomic mass is 10.1. The minimum atomic E-state index is -0.389.